The molecule has 2 nitrogen and oxygen atoms in total. The average Bonchev–Trinajstić information content (AvgIpc) is 2.38. The van der Waals surface area contributed by atoms with Gasteiger partial charge in [0.05, 0.1) is 0 Å². The van der Waals surface area contributed by atoms with Crippen molar-refractivity contribution in [2.45, 2.75) is 32.6 Å². The Morgan fingerprint density at radius 3 is 2.65 bits per heavy atom. The van der Waals surface area contributed by atoms with Crippen LogP contribution in [-0.4, -0.2) is 12.5 Å². The van der Waals surface area contributed by atoms with Crippen molar-refractivity contribution < 1.29 is 4.79 Å². The summed E-state index contributed by atoms with van der Waals surface area (Å²) in [5.41, 5.74) is 0.760. The molecule has 1 aliphatic rings. The van der Waals surface area contributed by atoms with Gasteiger partial charge in [0.15, 0.2) is 0 Å². The summed E-state index contributed by atoms with van der Waals surface area (Å²) in [7, 11) is 0. The predicted molar refractivity (Wildman–Crippen MR) is 69.9 cm³/mol. The van der Waals surface area contributed by atoms with Crippen molar-refractivity contribution in [3.8, 4) is 0 Å². The molecule has 2 atom stereocenters. The Labute approximate surface area is 103 Å². The quantitative estimate of drug-likeness (QED) is 0.850. The molecule has 92 valence electrons. The van der Waals surface area contributed by atoms with Gasteiger partial charge in [0, 0.05) is 12.1 Å². The zero-order valence-corrected chi connectivity index (χ0v) is 10.5. The van der Waals surface area contributed by atoms with Crippen LogP contribution in [0.1, 0.15) is 43.0 Å². The summed E-state index contributed by atoms with van der Waals surface area (Å²) >= 11 is 0. The van der Waals surface area contributed by atoms with Crippen molar-refractivity contribution in [3.63, 3.8) is 0 Å². The minimum absolute atomic E-state index is 0.0587. The Bertz CT molecular complexity index is 360. The smallest absolute Gasteiger partial charge is 0.251 e. The van der Waals surface area contributed by atoms with Crippen molar-refractivity contribution in [2.75, 3.05) is 6.54 Å². The summed E-state index contributed by atoms with van der Waals surface area (Å²) in [6.07, 6.45) is 5.24. The summed E-state index contributed by atoms with van der Waals surface area (Å²) in [6.45, 7) is 3.13. The highest BCUT2D eigenvalue weighted by Crippen LogP contribution is 2.28. The number of amides is 1. The first-order chi connectivity index (χ1) is 8.27. The Kier molecular flexibility index (Phi) is 4.18. The minimum atomic E-state index is 0.0587. The van der Waals surface area contributed by atoms with Crippen LogP contribution in [-0.2, 0) is 0 Å². The highest BCUT2D eigenvalue weighted by molar-refractivity contribution is 5.94. The van der Waals surface area contributed by atoms with Crippen molar-refractivity contribution in [1.29, 1.82) is 0 Å². The molecule has 1 aromatic carbocycles. The molecular formula is C15H21NO. The van der Waals surface area contributed by atoms with E-state index in [1.54, 1.807) is 0 Å². The summed E-state index contributed by atoms with van der Waals surface area (Å²) in [4.78, 5) is 11.9. The summed E-state index contributed by atoms with van der Waals surface area (Å²) in [5.74, 6) is 1.47. The van der Waals surface area contributed by atoms with E-state index >= 15 is 0 Å². The van der Waals surface area contributed by atoms with Gasteiger partial charge in [0.1, 0.15) is 0 Å². The molecule has 2 rings (SSSR count). The normalized spacial score (nSPS) is 24.3. The molecular weight excluding hydrogens is 210 g/mol. The zero-order chi connectivity index (χ0) is 12.1. The second-order valence-corrected chi connectivity index (χ2v) is 5.10. The molecule has 0 heterocycles. The van der Waals surface area contributed by atoms with Gasteiger partial charge in [-0.1, -0.05) is 44.4 Å². The Balaban J connectivity index is 1.84. The number of nitrogens with one attached hydrogen (secondary N) is 1. The first-order valence-corrected chi connectivity index (χ1v) is 6.60. The first-order valence-electron chi connectivity index (χ1n) is 6.60. The van der Waals surface area contributed by atoms with E-state index in [0.717, 1.165) is 18.0 Å². The fraction of sp³-hybridized carbons (Fsp3) is 0.533. The lowest BCUT2D eigenvalue weighted by atomic mass is 9.80. The largest absolute Gasteiger partial charge is 0.352 e. The lowest BCUT2D eigenvalue weighted by Gasteiger charge is -2.28. The van der Waals surface area contributed by atoms with Gasteiger partial charge < -0.3 is 5.32 Å². The molecule has 1 saturated carbocycles. The van der Waals surface area contributed by atoms with Crippen molar-refractivity contribution in [3.05, 3.63) is 35.9 Å². The monoisotopic (exact) mass is 231 g/mol. The van der Waals surface area contributed by atoms with E-state index in [1.165, 1.54) is 25.7 Å². The molecule has 0 aromatic heterocycles. The fourth-order valence-corrected chi connectivity index (χ4v) is 2.61. The number of rotatable bonds is 3. The van der Waals surface area contributed by atoms with Crippen LogP contribution in [0, 0.1) is 11.8 Å². The van der Waals surface area contributed by atoms with Crippen LogP contribution in [0.2, 0.25) is 0 Å². The maximum atomic E-state index is 11.9. The zero-order valence-electron chi connectivity index (χ0n) is 10.5. The molecule has 1 amide bonds. The second kappa shape index (κ2) is 5.85. The number of carbonyl (C=O) groups is 1. The van der Waals surface area contributed by atoms with E-state index < -0.39 is 0 Å². The molecule has 0 saturated heterocycles. The third-order valence-corrected chi connectivity index (χ3v) is 3.85. The minimum Gasteiger partial charge on any atom is -0.352 e. The van der Waals surface area contributed by atoms with Crippen LogP contribution in [0.25, 0.3) is 0 Å². The lowest BCUT2D eigenvalue weighted by molar-refractivity contribution is 0.0936. The average molecular weight is 231 g/mol. The third-order valence-electron chi connectivity index (χ3n) is 3.85. The van der Waals surface area contributed by atoms with Crippen LogP contribution < -0.4 is 5.32 Å². The Morgan fingerprint density at radius 2 is 1.94 bits per heavy atom. The Morgan fingerprint density at radius 1 is 1.24 bits per heavy atom. The van der Waals surface area contributed by atoms with E-state index in [-0.39, 0.29) is 5.91 Å². The Hall–Kier alpha value is -1.31. The molecule has 17 heavy (non-hydrogen) atoms. The van der Waals surface area contributed by atoms with Gasteiger partial charge in [0.2, 0.25) is 0 Å². The molecule has 2 unspecified atom stereocenters. The second-order valence-electron chi connectivity index (χ2n) is 5.10. The fourth-order valence-electron chi connectivity index (χ4n) is 2.61. The summed E-state index contributed by atoms with van der Waals surface area (Å²) < 4.78 is 0. The van der Waals surface area contributed by atoms with Crippen molar-refractivity contribution >= 4 is 5.91 Å². The lowest BCUT2D eigenvalue weighted by Crippen LogP contribution is -2.33. The van der Waals surface area contributed by atoms with Gasteiger partial charge in [0.25, 0.3) is 5.91 Å². The first kappa shape index (κ1) is 12.2. The molecule has 1 aliphatic carbocycles. The third kappa shape index (κ3) is 3.32. The van der Waals surface area contributed by atoms with Gasteiger partial charge in [-0.25, -0.2) is 0 Å². The molecule has 1 N–H and O–H groups in total. The van der Waals surface area contributed by atoms with Gasteiger partial charge in [-0.3, -0.25) is 4.79 Å². The topological polar surface area (TPSA) is 29.1 Å². The molecule has 1 fully saturated rings. The van der Waals surface area contributed by atoms with Gasteiger partial charge in [-0.15, -0.1) is 0 Å². The van der Waals surface area contributed by atoms with Crippen LogP contribution in [0.4, 0.5) is 0 Å². The van der Waals surface area contributed by atoms with E-state index in [4.69, 9.17) is 0 Å². The number of hydrogen-bond acceptors (Lipinski definition) is 1. The van der Waals surface area contributed by atoms with Crippen LogP contribution in [0.3, 0.4) is 0 Å². The summed E-state index contributed by atoms with van der Waals surface area (Å²) in [5, 5.41) is 3.06. The van der Waals surface area contributed by atoms with Crippen LogP contribution in [0.15, 0.2) is 30.3 Å². The van der Waals surface area contributed by atoms with E-state index in [1.807, 2.05) is 30.3 Å². The van der Waals surface area contributed by atoms with E-state index in [2.05, 4.69) is 12.2 Å². The molecule has 0 spiro atoms. The molecule has 2 heteroatoms. The number of hydrogen-bond donors (Lipinski definition) is 1. The van der Waals surface area contributed by atoms with E-state index in [9.17, 15) is 4.79 Å². The number of carbonyl (C=O) groups excluding carboxylic acids is 1. The highest BCUT2D eigenvalue weighted by Gasteiger charge is 2.21. The van der Waals surface area contributed by atoms with Gasteiger partial charge in [-0.05, 0) is 30.4 Å². The standard InChI is InChI=1S/C15H21NO/c1-12-7-5-6-10-14(12)11-16-15(17)13-8-3-2-4-9-13/h2-4,8-9,12,14H,5-7,10-11H2,1H3,(H,16,17). The highest BCUT2D eigenvalue weighted by atomic mass is 16.1. The maximum absolute atomic E-state index is 11.9. The van der Waals surface area contributed by atoms with Gasteiger partial charge in [-0.2, -0.15) is 0 Å². The molecule has 0 aliphatic heterocycles. The maximum Gasteiger partial charge on any atom is 0.251 e. The molecule has 1 aromatic rings. The summed E-state index contributed by atoms with van der Waals surface area (Å²) in [6, 6.07) is 9.45. The molecule has 0 bridgehead atoms. The van der Waals surface area contributed by atoms with Crippen molar-refractivity contribution in [2.24, 2.45) is 11.8 Å². The van der Waals surface area contributed by atoms with Crippen LogP contribution >= 0.6 is 0 Å². The van der Waals surface area contributed by atoms with Crippen molar-refractivity contribution in [1.82, 2.24) is 5.32 Å². The van der Waals surface area contributed by atoms with E-state index in [0.29, 0.717) is 5.92 Å². The van der Waals surface area contributed by atoms with Gasteiger partial charge >= 0.3 is 0 Å². The number of benzene rings is 1. The van der Waals surface area contributed by atoms with Crippen LogP contribution in [0.5, 0.6) is 0 Å². The molecule has 0 radical (unpaired) electrons. The predicted octanol–water partition coefficient (Wildman–Crippen LogP) is 3.24. The SMILES string of the molecule is CC1CCCCC1CNC(=O)c1ccccc1.